The van der Waals surface area contributed by atoms with Crippen molar-refractivity contribution in [3.8, 4) is 10.6 Å². The minimum Gasteiger partial charge on any atom is -0.334 e. The average Bonchev–Trinajstić information content (AvgIpc) is 3.66. The molecule has 4 heterocycles. The van der Waals surface area contributed by atoms with Crippen LogP contribution in [-0.2, 0) is 29.0 Å². The maximum absolute atomic E-state index is 14.2. The molecule has 13 heteroatoms. The third-order valence-electron chi connectivity index (χ3n) is 8.45. The second kappa shape index (κ2) is 9.77. The number of anilines is 2. The largest absolute Gasteiger partial charge is 0.420 e. The summed E-state index contributed by atoms with van der Waals surface area (Å²) in [4.78, 5) is 23.0. The summed E-state index contributed by atoms with van der Waals surface area (Å²) in [6.07, 6.45) is 1.41. The minimum atomic E-state index is -4.78. The fourth-order valence-electron chi connectivity index (χ4n) is 5.83. The molecule has 1 aromatic carbocycles. The van der Waals surface area contributed by atoms with Crippen LogP contribution in [0.15, 0.2) is 29.3 Å². The van der Waals surface area contributed by atoms with Crippen molar-refractivity contribution >= 4 is 38.7 Å². The first kappa shape index (κ1) is 26.8. The van der Waals surface area contributed by atoms with Crippen molar-refractivity contribution in [1.29, 1.82) is 0 Å². The van der Waals surface area contributed by atoms with Crippen LogP contribution in [0.4, 0.5) is 24.8 Å². The number of alkyl halides is 3. The number of aromatic nitrogens is 2. The molecular weight excluding hydrogens is 575 g/mol. The van der Waals surface area contributed by atoms with Gasteiger partial charge in [-0.2, -0.15) is 13.2 Å². The molecule has 2 N–H and O–H groups in total. The summed E-state index contributed by atoms with van der Waals surface area (Å²) in [6, 6.07) is 5.34. The number of nitrogens with one attached hydrogen (secondary N) is 2. The molecule has 0 atom stereocenters. The van der Waals surface area contributed by atoms with Crippen molar-refractivity contribution in [3.05, 3.63) is 51.5 Å². The Bertz CT molecular complexity index is 1660. The van der Waals surface area contributed by atoms with E-state index in [1.165, 1.54) is 17.2 Å². The smallest absolute Gasteiger partial charge is 0.334 e. The highest BCUT2D eigenvalue weighted by Crippen LogP contribution is 2.46. The van der Waals surface area contributed by atoms with Gasteiger partial charge >= 0.3 is 6.18 Å². The topological polar surface area (TPSA) is 104 Å². The number of carbonyl (C=O) groups is 1. The van der Waals surface area contributed by atoms with Crippen LogP contribution in [0, 0.1) is 0 Å². The van der Waals surface area contributed by atoms with E-state index in [0.717, 1.165) is 80.4 Å². The number of benzene rings is 1. The van der Waals surface area contributed by atoms with E-state index in [-0.39, 0.29) is 38.9 Å². The number of halogens is 3. The molecule has 7 rings (SSSR count). The van der Waals surface area contributed by atoms with Gasteiger partial charge in [0.05, 0.1) is 21.2 Å². The molecule has 0 saturated heterocycles. The molecule has 1 amide bonds. The van der Waals surface area contributed by atoms with Crippen LogP contribution in [-0.4, -0.2) is 54.1 Å². The number of hydrogen-bond acceptors (Lipinski definition) is 8. The van der Waals surface area contributed by atoms with Crippen LogP contribution in [0.5, 0.6) is 0 Å². The van der Waals surface area contributed by atoms with Crippen molar-refractivity contribution in [2.75, 3.05) is 24.2 Å². The maximum atomic E-state index is 14.2. The molecule has 0 unspecified atom stereocenters. The first-order valence-electron chi connectivity index (χ1n) is 13.8. The van der Waals surface area contributed by atoms with Crippen molar-refractivity contribution < 1.29 is 26.4 Å². The lowest BCUT2D eigenvalue weighted by Gasteiger charge is -2.36. The van der Waals surface area contributed by atoms with Crippen molar-refractivity contribution in [2.24, 2.45) is 0 Å². The molecule has 8 nitrogen and oxygen atoms in total. The summed E-state index contributed by atoms with van der Waals surface area (Å²) in [5, 5.41) is 6.54. The zero-order valence-corrected chi connectivity index (χ0v) is 23.7. The Morgan fingerprint density at radius 3 is 2.61 bits per heavy atom. The summed E-state index contributed by atoms with van der Waals surface area (Å²) in [7, 11) is -3.87. The number of sulfone groups is 1. The van der Waals surface area contributed by atoms with Gasteiger partial charge in [0.15, 0.2) is 9.84 Å². The molecule has 2 aromatic heterocycles. The van der Waals surface area contributed by atoms with Crippen LogP contribution in [0.1, 0.15) is 69.9 Å². The Kier molecular flexibility index (Phi) is 6.40. The quantitative estimate of drug-likeness (QED) is 0.409. The molecule has 0 radical (unpaired) electrons. The molecule has 3 aromatic rings. The van der Waals surface area contributed by atoms with Gasteiger partial charge in [-0.15, -0.1) is 11.3 Å². The van der Waals surface area contributed by atoms with E-state index in [1.54, 1.807) is 4.90 Å². The van der Waals surface area contributed by atoms with Gasteiger partial charge in [-0.25, -0.2) is 18.4 Å². The van der Waals surface area contributed by atoms with Gasteiger partial charge < -0.3 is 15.5 Å². The lowest BCUT2D eigenvalue weighted by molar-refractivity contribution is -0.137. The maximum Gasteiger partial charge on any atom is 0.420 e. The Morgan fingerprint density at radius 2 is 1.90 bits per heavy atom. The monoisotopic (exact) mass is 603 g/mol. The zero-order chi connectivity index (χ0) is 28.5. The Hall–Kier alpha value is -3.03. The van der Waals surface area contributed by atoms with Gasteiger partial charge in [0.1, 0.15) is 10.4 Å². The summed E-state index contributed by atoms with van der Waals surface area (Å²) >= 11 is 0.754. The summed E-state index contributed by atoms with van der Waals surface area (Å²) in [5.74, 6) is -0.349. The Morgan fingerprint density at radius 1 is 1.10 bits per heavy atom. The van der Waals surface area contributed by atoms with Gasteiger partial charge in [0.2, 0.25) is 5.95 Å². The third kappa shape index (κ3) is 4.91. The number of rotatable bonds is 5. The van der Waals surface area contributed by atoms with Crippen LogP contribution < -0.4 is 10.6 Å². The fraction of sp³-hybridized carbons (Fsp3) is 0.464. The molecule has 2 saturated carbocycles. The second-order valence-corrected chi connectivity index (χ2v) is 14.3. The molecular formula is C28H28F3N5O3S2. The highest BCUT2D eigenvalue weighted by molar-refractivity contribution is 7.91. The van der Waals surface area contributed by atoms with Crippen molar-refractivity contribution in [3.63, 3.8) is 0 Å². The minimum absolute atomic E-state index is 0.0161. The van der Waals surface area contributed by atoms with E-state index in [9.17, 15) is 26.4 Å². The number of fused-ring (bicyclic) bond motifs is 2. The van der Waals surface area contributed by atoms with E-state index in [2.05, 4.69) is 26.7 Å². The standard InChI is InChI=1S/C28H28F3N5O3S2/c29-28(30,31)20-14-33-27(34-21-11-16-6-7-32-13-17(16)10-19(21)15-4-5-15)35-24(20)22-12-23-25(40-22)26(37)36(18-2-1-3-18)8-9-41(23,38)39/h10-12,14-15,18,32H,1-9,13H2,(H,33,34,35). The number of nitrogens with zero attached hydrogens (tertiary/aromatic N) is 3. The van der Waals surface area contributed by atoms with Gasteiger partial charge in [-0.3, -0.25) is 4.79 Å². The van der Waals surface area contributed by atoms with Crippen molar-refractivity contribution in [1.82, 2.24) is 20.2 Å². The summed E-state index contributed by atoms with van der Waals surface area (Å²) in [6.45, 7) is 1.70. The van der Waals surface area contributed by atoms with E-state index >= 15 is 0 Å². The molecule has 2 aliphatic heterocycles. The van der Waals surface area contributed by atoms with Gasteiger partial charge in [0.25, 0.3) is 5.91 Å². The fourth-order valence-corrected chi connectivity index (χ4v) is 8.75. The molecule has 2 aliphatic carbocycles. The average molecular weight is 604 g/mol. The Balaban J connectivity index is 1.31. The van der Waals surface area contributed by atoms with Crippen LogP contribution in [0.25, 0.3) is 10.6 Å². The first-order valence-corrected chi connectivity index (χ1v) is 16.3. The van der Waals surface area contributed by atoms with Crippen LogP contribution >= 0.6 is 11.3 Å². The zero-order valence-electron chi connectivity index (χ0n) is 22.1. The van der Waals surface area contributed by atoms with E-state index in [4.69, 9.17) is 0 Å². The summed E-state index contributed by atoms with van der Waals surface area (Å²) in [5.41, 5.74) is 2.73. The van der Waals surface area contributed by atoms with Gasteiger partial charge in [-0.05, 0) is 79.8 Å². The van der Waals surface area contributed by atoms with Gasteiger partial charge in [0, 0.05) is 31.0 Å². The predicted molar refractivity (Wildman–Crippen MR) is 148 cm³/mol. The number of carbonyl (C=O) groups excluding carboxylic acids is 1. The molecule has 216 valence electrons. The normalized spacial score (nSPS) is 20.7. The molecule has 0 bridgehead atoms. The van der Waals surface area contributed by atoms with Crippen LogP contribution in [0.3, 0.4) is 0 Å². The SMILES string of the molecule is O=C1c2sc(-c3nc(Nc4cc5c(cc4C4CC4)CNCC5)ncc3C(F)(F)F)cc2S(=O)(=O)CCN1C1CCC1. The van der Waals surface area contributed by atoms with E-state index < -0.39 is 33.2 Å². The lowest BCUT2D eigenvalue weighted by Crippen LogP contribution is -2.44. The van der Waals surface area contributed by atoms with Crippen molar-refractivity contribution in [2.45, 2.75) is 68.1 Å². The molecule has 0 spiro atoms. The molecule has 4 aliphatic rings. The number of hydrogen-bond donors (Lipinski definition) is 2. The van der Waals surface area contributed by atoms with E-state index in [0.29, 0.717) is 5.92 Å². The number of thiophene rings is 1. The lowest BCUT2D eigenvalue weighted by atomic mass is 9.91. The molecule has 2 fully saturated rings. The van der Waals surface area contributed by atoms with E-state index in [1.807, 2.05) is 6.07 Å². The van der Waals surface area contributed by atoms with Gasteiger partial charge in [-0.1, -0.05) is 6.07 Å². The number of amides is 1. The third-order valence-corrected chi connectivity index (χ3v) is 11.4. The second-order valence-electron chi connectivity index (χ2n) is 11.2. The highest BCUT2D eigenvalue weighted by Gasteiger charge is 2.41. The highest BCUT2D eigenvalue weighted by atomic mass is 32.2. The van der Waals surface area contributed by atoms with Crippen LogP contribution in [0.2, 0.25) is 0 Å². The summed E-state index contributed by atoms with van der Waals surface area (Å²) < 4.78 is 68.7. The first-order chi connectivity index (χ1) is 19.6. The molecule has 41 heavy (non-hydrogen) atoms. The predicted octanol–water partition coefficient (Wildman–Crippen LogP) is 5.27. The Labute approximate surface area is 239 Å².